The van der Waals surface area contributed by atoms with Gasteiger partial charge in [-0.05, 0) is 92.0 Å². The topological polar surface area (TPSA) is 27.7 Å². The van der Waals surface area contributed by atoms with E-state index in [1.54, 1.807) is 12.7 Å². The maximum Gasteiger partial charge on any atom is 0.229 e. The standard InChI is InChI=1S/C25H38O3Si/c1-25(2,3)23-22(26-4)8-7-18(24(23)28-29(5)6)14-27-15-21-19-10-16-9-17(12-19)13-20(21)11-16/h7-8,15-17,19-20,29H,9-14H2,1-6H3. The number of hydrogen-bond donors (Lipinski definition) is 0. The first-order valence-electron chi connectivity index (χ1n) is 11.4. The minimum atomic E-state index is -1.26. The molecule has 0 radical (unpaired) electrons. The molecular weight excluding hydrogens is 376 g/mol. The van der Waals surface area contributed by atoms with Gasteiger partial charge in [-0.2, -0.15) is 0 Å². The van der Waals surface area contributed by atoms with Gasteiger partial charge in [-0.15, -0.1) is 0 Å². The first kappa shape index (κ1) is 20.8. The van der Waals surface area contributed by atoms with Gasteiger partial charge < -0.3 is 13.9 Å². The Bertz CT molecular complexity index is 745. The van der Waals surface area contributed by atoms with E-state index in [1.807, 2.05) is 0 Å². The molecule has 3 nitrogen and oxygen atoms in total. The average molecular weight is 415 g/mol. The lowest BCUT2D eigenvalue weighted by molar-refractivity contribution is 0.0631. The smallest absolute Gasteiger partial charge is 0.229 e. The summed E-state index contributed by atoms with van der Waals surface area (Å²) < 4.78 is 18.4. The molecule has 0 N–H and O–H groups in total. The van der Waals surface area contributed by atoms with E-state index < -0.39 is 9.04 Å². The Morgan fingerprint density at radius 1 is 1.00 bits per heavy atom. The highest BCUT2D eigenvalue weighted by Crippen LogP contribution is 2.56. The van der Waals surface area contributed by atoms with Crippen molar-refractivity contribution in [1.29, 1.82) is 0 Å². The van der Waals surface area contributed by atoms with Crippen LogP contribution in [0.25, 0.3) is 0 Å². The third-order valence-corrected chi connectivity index (χ3v) is 7.77. The van der Waals surface area contributed by atoms with Gasteiger partial charge in [0, 0.05) is 11.1 Å². The van der Waals surface area contributed by atoms with Crippen molar-refractivity contribution >= 4 is 9.04 Å². The zero-order valence-corrected chi connectivity index (χ0v) is 20.2. The van der Waals surface area contributed by atoms with Crippen LogP contribution in [0.15, 0.2) is 24.0 Å². The number of methoxy groups -OCH3 is 1. The van der Waals surface area contributed by atoms with E-state index in [2.05, 4.69) is 52.3 Å². The maximum atomic E-state index is 6.44. The summed E-state index contributed by atoms with van der Waals surface area (Å²) in [5, 5.41) is 0. The fraction of sp³-hybridized carbons (Fsp3) is 0.680. The molecule has 4 aliphatic rings. The Kier molecular flexibility index (Phi) is 5.76. The Balaban J connectivity index is 1.57. The zero-order chi connectivity index (χ0) is 20.8. The van der Waals surface area contributed by atoms with Crippen LogP contribution in [0, 0.1) is 23.7 Å². The fourth-order valence-electron chi connectivity index (χ4n) is 6.12. The molecule has 0 unspecified atom stereocenters. The number of ether oxygens (including phenoxy) is 2. The second-order valence-corrected chi connectivity index (χ2v) is 13.1. The lowest BCUT2D eigenvalue weighted by Gasteiger charge is -2.51. The Morgan fingerprint density at radius 3 is 2.14 bits per heavy atom. The van der Waals surface area contributed by atoms with Gasteiger partial charge in [0.2, 0.25) is 9.04 Å². The summed E-state index contributed by atoms with van der Waals surface area (Å²) in [7, 11) is 0.481. The van der Waals surface area contributed by atoms with Gasteiger partial charge in [0.15, 0.2) is 0 Å². The minimum Gasteiger partial charge on any atom is -0.546 e. The Morgan fingerprint density at radius 2 is 1.62 bits per heavy atom. The molecule has 4 heteroatoms. The third-order valence-electron chi connectivity index (χ3n) is 7.06. The summed E-state index contributed by atoms with van der Waals surface area (Å²) in [5.41, 5.74) is 3.84. The molecule has 4 saturated carbocycles. The zero-order valence-electron chi connectivity index (χ0n) is 19.1. The highest BCUT2D eigenvalue weighted by atomic mass is 28.3. The van der Waals surface area contributed by atoms with E-state index in [1.165, 1.54) is 32.1 Å². The van der Waals surface area contributed by atoms with Crippen LogP contribution >= 0.6 is 0 Å². The third kappa shape index (κ3) is 4.23. The van der Waals surface area contributed by atoms with Crippen LogP contribution in [0.4, 0.5) is 0 Å². The molecule has 0 atom stereocenters. The van der Waals surface area contributed by atoms with Crippen LogP contribution in [0.5, 0.6) is 11.5 Å². The summed E-state index contributed by atoms with van der Waals surface area (Å²) in [6.07, 6.45) is 9.20. The van der Waals surface area contributed by atoms with Crippen LogP contribution < -0.4 is 9.16 Å². The molecule has 160 valence electrons. The van der Waals surface area contributed by atoms with Gasteiger partial charge in [0.05, 0.1) is 13.4 Å². The molecule has 5 rings (SSSR count). The van der Waals surface area contributed by atoms with Crippen LogP contribution in [-0.2, 0) is 16.8 Å². The molecule has 0 aliphatic heterocycles. The van der Waals surface area contributed by atoms with E-state index in [0.717, 1.165) is 46.3 Å². The second kappa shape index (κ2) is 8.01. The van der Waals surface area contributed by atoms with E-state index >= 15 is 0 Å². The van der Waals surface area contributed by atoms with Gasteiger partial charge in [-0.25, -0.2) is 0 Å². The highest BCUT2D eigenvalue weighted by molar-refractivity contribution is 6.49. The van der Waals surface area contributed by atoms with Crippen molar-refractivity contribution in [2.24, 2.45) is 23.7 Å². The Labute approximate surface area is 178 Å². The average Bonchev–Trinajstić information content (AvgIpc) is 2.62. The number of benzene rings is 1. The molecule has 4 aliphatic carbocycles. The monoisotopic (exact) mass is 414 g/mol. The van der Waals surface area contributed by atoms with Crippen LogP contribution in [0.3, 0.4) is 0 Å². The molecule has 0 amide bonds. The van der Waals surface area contributed by atoms with Crippen molar-refractivity contribution in [2.45, 2.75) is 78.0 Å². The Hall–Kier alpha value is -1.42. The summed E-state index contributed by atoms with van der Waals surface area (Å²) in [6, 6.07) is 4.19. The molecule has 4 bridgehead atoms. The molecule has 0 heterocycles. The summed E-state index contributed by atoms with van der Waals surface area (Å²) in [4.78, 5) is 0. The predicted molar refractivity (Wildman–Crippen MR) is 121 cm³/mol. The maximum absolute atomic E-state index is 6.44. The fourth-order valence-corrected chi connectivity index (χ4v) is 6.86. The number of allylic oxidation sites excluding steroid dienone is 1. The molecule has 0 saturated heterocycles. The van der Waals surface area contributed by atoms with E-state index in [4.69, 9.17) is 13.9 Å². The van der Waals surface area contributed by atoms with Gasteiger partial charge in [0.25, 0.3) is 0 Å². The van der Waals surface area contributed by atoms with Crippen molar-refractivity contribution < 1.29 is 13.9 Å². The normalized spacial score (nSPS) is 28.0. The van der Waals surface area contributed by atoms with Crippen LogP contribution in [0.1, 0.15) is 64.0 Å². The summed E-state index contributed by atoms with van der Waals surface area (Å²) in [5.74, 6) is 5.44. The van der Waals surface area contributed by atoms with E-state index in [9.17, 15) is 0 Å². The molecule has 0 aromatic heterocycles. The SMILES string of the molecule is COc1ccc(COC=C2C3CC4CC(C3)CC2C4)c(O[SiH](C)C)c1C(C)(C)C. The largest absolute Gasteiger partial charge is 0.546 e. The first-order valence-corrected chi connectivity index (χ1v) is 14.2. The lowest BCUT2D eigenvalue weighted by Crippen LogP contribution is -2.40. The number of rotatable bonds is 6. The first-order chi connectivity index (χ1) is 13.8. The minimum absolute atomic E-state index is 0.0557. The van der Waals surface area contributed by atoms with E-state index in [-0.39, 0.29) is 5.41 Å². The van der Waals surface area contributed by atoms with Gasteiger partial charge in [0.1, 0.15) is 18.1 Å². The highest BCUT2D eigenvalue weighted by Gasteiger charge is 2.45. The number of hydrogen-bond acceptors (Lipinski definition) is 3. The molecular formula is C25H38O3Si. The van der Waals surface area contributed by atoms with Crippen LogP contribution in [-0.4, -0.2) is 16.2 Å². The van der Waals surface area contributed by atoms with Crippen molar-refractivity contribution in [3.8, 4) is 11.5 Å². The van der Waals surface area contributed by atoms with Crippen LogP contribution in [0.2, 0.25) is 13.1 Å². The van der Waals surface area contributed by atoms with Gasteiger partial charge >= 0.3 is 0 Å². The van der Waals surface area contributed by atoms with E-state index in [0.29, 0.717) is 6.61 Å². The van der Waals surface area contributed by atoms with Crippen molar-refractivity contribution in [3.63, 3.8) is 0 Å². The van der Waals surface area contributed by atoms with Gasteiger partial charge in [-0.1, -0.05) is 20.8 Å². The molecule has 29 heavy (non-hydrogen) atoms. The molecule has 0 spiro atoms. The van der Waals surface area contributed by atoms with Gasteiger partial charge in [-0.3, -0.25) is 0 Å². The van der Waals surface area contributed by atoms with Crippen molar-refractivity contribution in [3.05, 3.63) is 35.1 Å². The second-order valence-electron chi connectivity index (χ2n) is 10.8. The summed E-state index contributed by atoms with van der Waals surface area (Å²) in [6.45, 7) is 11.7. The van der Waals surface area contributed by atoms with Crippen molar-refractivity contribution in [1.82, 2.24) is 0 Å². The quantitative estimate of drug-likeness (QED) is 0.409. The molecule has 1 aromatic rings. The molecule has 4 fully saturated rings. The van der Waals surface area contributed by atoms with Crippen molar-refractivity contribution in [2.75, 3.05) is 7.11 Å². The lowest BCUT2D eigenvalue weighted by atomic mass is 9.54. The predicted octanol–water partition coefficient (Wildman–Crippen LogP) is 6.21. The summed E-state index contributed by atoms with van der Waals surface area (Å²) >= 11 is 0. The molecule has 1 aromatic carbocycles.